The van der Waals surface area contributed by atoms with E-state index in [0.717, 1.165) is 40.9 Å². The molecular formula is C13H14ClN3S. The van der Waals surface area contributed by atoms with Crippen molar-refractivity contribution in [2.75, 3.05) is 13.1 Å². The lowest BCUT2D eigenvalue weighted by molar-refractivity contribution is 0.141. The highest BCUT2D eigenvalue weighted by molar-refractivity contribution is 7.13. The number of nitrogens with zero attached hydrogens (tertiary/aromatic N) is 2. The molecule has 18 heavy (non-hydrogen) atoms. The average molecular weight is 280 g/mol. The van der Waals surface area contributed by atoms with Crippen molar-refractivity contribution in [3.63, 3.8) is 0 Å². The van der Waals surface area contributed by atoms with Gasteiger partial charge in [-0.3, -0.25) is 4.90 Å². The van der Waals surface area contributed by atoms with Gasteiger partial charge in [-0.25, -0.2) is 4.98 Å². The molecule has 1 fully saturated rings. The van der Waals surface area contributed by atoms with Gasteiger partial charge >= 0.3 is 0 Å². The smallest absolute Gasteiger partial charge is 0.125 e. The predicted molar refractivity (Wildman–Crippen MR) is 75.8 cm³/mol. The van der Waals surface area contributed by atoms with Crippen LogP contribution in [0.3, 0.4) is 0 Å². The molecule has 0 atom stereocenters. The molecule has 0 saturated carbocycles. The number of benzene rings is 1. The number of rotatable bonds is 3. The van der Waals surface area contributed by atoms with Gasteiger partial charge in [0.2, 0.25) is 0 Å². The largest absolute Gasteiger partial charge is 0.325 e. The van der Waals surface area contributed by atoms with Crippen LogP contribution in [0.4, 0.5) is 0 Å². The first-order chi connectivity index (χ1) is 8.72. The Kier molecular flexibility index (Phi) is 3.35. The molecule has 2 aromatic rings. The van der Waals surface area contributed by atoms with Crippen LogP contribution in [0.15, 0.2) is 29.6 Å². The molecule has 0 amide bonds. The third kappa shape index (κ3) is 2.42. The maximum Gasteiger partial charge on any atom is 0.125 e. The van der Waals surface area contributed by atoms with Crippen molar-refractivity contribution in [1.29, 1.82) is 0 Å². The molecule has 3 rings (SSSR count). The van der Waals surface area contributed by atoms with Gasteiger partial charge in [0.25, 0.3) is 0 Å². The van der Waals surface area contributed by atoms with Crippen LogP contribution < -0.4 is 5.73 Å². The van der Waals surface area contributed by atoms with Crippen molar-refractivity contribution in [3.8, 4) is 10.6 Å². The molecule has 0 aliphatic carbocycles. The first-order valence-corrected chi connectivity index (χ1v) is 7.15. The number of nitrogens with two attached hydrogens (primary N) is 1. The van der Waals surface area contributed by atoms with E-state index in [-0.39, 0.29) is 0 Å². The SMILES string of the molecule is NC1CN(Cc2csc(-c3ccccc3Cl)n2)C1. The molecule has 1 aliphatic heterocycles. The zero-order chi connectivity index (χ0) is 12.5. The summed E-state index contributed by atoms with van der Waals surface area (Å²) in [5.74, 6) is 0. The summed E-state index contributed by atoms with van der Waals surface area (Å²) >= 11 is 7.81. The molecule has 3 nitrogen and oxygen atoms in total. The highest BCUT2D eigenvalue weighted by Crippen LogP contribution is 2.30. The fourth-order valence-corrected chi connectivity index (χ4v) is 3.24. The van der Waals surface area contributed by atoms with Crippen molar-refractivity contribution in [3.05, 3.63) is 40.4 Å². The van der Waals surface area contributed by atoms with Crippen molar-refractivity contribution >= 4 is 22.9 Å². The van der Waals surface area contributed by atoms with E-state index in [1.54, 1.807) is 11.3 Å². The second-order valence-corrected chi connectivity index (χ2v) is 5.84. The molecule has 0 spiro atoms. The summed E-state index contributed by atoms with van der Waals surface area (Å²) in [6.45, 7) is 2.83. The molecule has 0 bridgehead atoms. The van der Waals surface area contributed by atoms with E-state index in [4.69, 9.17) is 17.3 Å². The number of halogens is 1. The molecule has 2 heterocycles. The molecule has 0 radical (unpaired) electrons. The van der Waals surface area contributed by atoms with E-state index in [1.165, 1.54) is 0 Å². The van der Waals surface area contributed by atoms with Gasteiger partial charge in [0, 0.05) is 36.6 Å². The summed E-state index contributed by atoms with van der Waals surface area (Å²) in [7, 11) is 0. The first kappa shape index (κ1) is 12.1. The van der Waals surface area contributed by atoms with Crippen LogP contribution in [0.1, 0.15) is 5.69 Å². The zero-order valence-corrected chi connectivity index (χ0v) is 11.4. The molecule has 2 N–H and O–H groups in total. The maximum absolute atomic E-state index is 6.17. The third-order valence-corrected chi connectivity index (χ3v) is 4.28. The summed E-state index contributed by atoms with van der Waals surface area (Å²) in [5.41, 5.74) is 7.87. The Morgan fingerprint density at radius 3 is 2.89 bits per heavy atom. The lowest BCUT2D eigenvalue weighted by atomic mass is 10.1. The normalized spacial score (nSPS) is 16.8. The summed E-state index contributed by atoms with van der Waals surface area (Å²) in [6.07, 6.45) is 0. The topological polar surface area (TPSA) is 42.1 Å². The van der Waals surface area contributed by atoms with Gasteiger partial charge in [-0.05, 0) is 6.07 Å². The average Bonchev–Trinajstić information content (AvgIpc) is 2.76. The predicted octanol–water partition coefficient (Wildman–Crippen LogP) is 2.61. The second kappa shape index (κ2) is 4.97. The molecule has 1 aliphatic rings. The Morgan fingerprint density at radius 1 is 1.39 bits per heavy atom. The molecule has 1 saturated heterocycles. The summed E-state index contributed by atoms with van der Waals surface area (Å²) in [4.78, 5) is 6.94. The Morgan fingerprint density at radius 2 is 2.17 bits per heavy atom. The van der Waals surface area contributed by atoms with Gasteiger partial charge in [0.1, 0.15) is 5.01 Å². The third-order valence-electron chi connectivity index (χ3n) is 3.03. The van der Waals surface area contributed by atoms with Crippen molar-refractivity contribution in [1.82, 2.24) is 9.88 Å². The standard InChI is InChI=1S/C13H14ClN3S/c14-12-4-2-1-3-11(12)13-16-10(8-18-13)7-17-5-9(15)6-17/h1-4,8-9H,5-7,15H2. The van der Waals surface area contributed by atoms with Crippen molar-refractivity contribution in [2.45, 2.75) is 12.6 Å². The van der Waals surface area contributed by atoms with Gasteiger partial charge in [-0.2, -0.15) is 0 Å². The minimum Gasteiger partial charge on any atom is -0.325 e. The zero-order valence-electron chi connectivity index (χ0n) is 9.84. The number of thiazole rings is 1. The van der Waals surface area contributed by atoms with E-state index in [0.29, 0.717) is 6.04 Å². The quantitative estimate of drug-likeness (QED) is 0.939. The van der Waals surface area contributed by atoms with E-state index >= 15 is 0 Å². The Hall–Kier alpha value is -0.940. The van der Waals surface area contributed by atoms with E-state index in [9.17, 15) is 0 Å². The van der Waals surface area contributed by atoms with Crippen LogP contribution >= 0.6 is 22.9 Å². The number of hydrogen-bond acceptors (Lipinski definition) is 4. The Balaban J connectivity index is 1.75. The van der Waals surface area contributed by atoms with Crippen molar-refractivity contribution < 1.29 is 0 Å². The number of aromatic nitrogens is 1. The second-order valence-electron chi connectivity index (χ2n) is 4.58. The first-order valence-electron chi connectivity index (χ1n) is 5.89. The van der Waals surface area contributed by atoms with Crippen LogP contribution in [0.5, 0.6) is 0 Å². The van der Waals surface area contributed by atoms with Gasteiger partial charge < -0.3 is 5.73 Å². The minimum absolute atomic E-state index is 0.340. The van der Waals surface area contributed by atoms with Gasteiger partial charge in [0.15, 0.2) is 0 Å². The number of likely N-dealkylation sites (tertiary alicyclic amines) is 1. The van der Waals surface area contributed by atoms with E-state index in [1.807, 2.05) is 24.3 Å². The lowest BCUT2D eigenvalue weighted by Gasteiger charge is -2.36. The summed E-state index contributed by atoms with van der Waals surface area (Å²) in [6, 6.07) is 8.15. The van der Waals surface area contributed by atoms with E-state index in [2.05, 4.69) is 15.3 Å². The Bertz CT molecular complexity index is 549. The maximum atomic E-state index is 6.17. The van der Waals surface area contributed by atoms with Crippen molar-refractivity contribution in [2.24, 2.45) is 5.73 Å². The summed E-state index contributed by atoms with van der Waals surface area (Å²) < 4.78 is 0. The van der Waals surface area contributed by atoms with Gasteiger partial charge in [-0.1, -0.05) is 29.8 Å². The van der Waals surface area contributed by atoms with Gasteiger partial charge in [-0.15, -0.1) is 11.3 Å². The lowest BCUT2D eigenvalue weighted by Crippen LogP contribution is -2.54. The molecule has 0 unspecified atom stereocenters. The van der Waals surface area contributed by atoms with E-state index < -0.39 is 0 Å². The van der Waals surface area contributed by atoms with Crippen LogP contribution in [0.25, 0.3) is 10.6 Å². The fraction of sp³-hybridized carbons (Fsp3) is 0.308. The molecule has 94 valence electrons. The monoisotopic (exact) mass is 279 g/mol. The molecule has 1 aromatic carbocycles. The summed E-state index contributed by atoms with van der Waals surface area (Å²) in [5, 5.41) is 3.84. The van der Waals surface area contributed by atoms with Crippen LogP contribution in [0, 0.1) is 0 Å². The molecule has 1 aromatic heterocycles. The Labute approximate surface area is 115 Å². The van der Waals surface area contributed by atoms with Crippen LogP contribution in [0.2, 0.25) is 5.02 Å². The van der Waals surface area contributed by atoms with Crippen LogP contribution in [-0.4, -0.2) is 29.0 Å². The van der Waals surface area contributed by atoms with Crippen LogP contribution in [-0.2, 0) is 6.54 Å². The highest BCUT2D eigenvalue weighted by atomic mass is 35.5. The highest BCUT2D eigenvalue weighted by Gasteiger charge is 2.23. The molecular weight excluding hydrogens is 266 g/mol. The fourth-order valence-electron chi connectivity index (χ4n) is 2.11. The van der Waals surface area contributed by atoms with Gasteiger partial charge in [0.05, 0.1) is 10.7 Å². The number of hydrogen-bond donors (Lipinski definition) is 1. The minimum atomic E-state index is 0.340. The molecule has 5 heteroatoms.